The van der Waals surface area contributed by atoms with E-state index in [1.807, 2.05) is 35.9 Å². The Morgan fingerprint density at radius 1 is 1.18 bits per heavy atom. The summed E-state index contributed by atoms with van der Waals surface area (Å²) < 4.78 is 3.13. The molecule has 0 amide bonds. The van der Waals surface area contributed by atoms with Gasteiger partial charge in [0.1, 0.15) is 0 Å². The van der Waals surface area contributed by atoms with Gasteiger partial charge in [0.2, 0.25) is 4.80 Å². The number of para-hydroxylation sites is 1. The third-order valence-electron chi connectivity index (χ3n) is 3.21. The minimum absolute atomic E-state index is 0.144. The summed E-state index contributed by atoms with van der Waals surface area (Å²) in [5.74, 6) is -1.19. The first kappa shape index (κ1) is 14.2. The van der Waals surface area contributed by atoms with Crippen LogP contribution in [-0.2, 0) is 7.05 Å². The fourth-order valence-corrected chi connectivity index (χ4v) is 3.00. The molecule has 0 N–H and O–H groups in total. The van der Waals surface area contributed by atoms with Crippen molar-refractivity contribution in [3.8, 4) is 0 Å². The van der Waals surface area contributed by atoms with Crippen LogP contribution in [0.2, 0.25) is 0 Å². The van der Waals surface area contributed by atoms with E-state index in [0.29, 0.717) is 0 Å². The summed E-state index contributed by atoms with van der Waals surface area (Å²) in [5.41, 5.74) is 2.03. The molecule has 0 atom stereocenters. The Morgan fingerprint density at radius 3 is 2.59 bits per heavy atom. The molecule has 3 aromatic rings. The van der Waals surface area contributed by atoms with Crippen molar-refractivity contribution < 1.29 is 9.90 Å². The highest BCUT2D eigenvalue weighted by Gasteiger charge is 2.00. The molecule has 0 saturated heterocycles. The predicted molar refractivity (Wildman–Crippen MR) is 84.7 cm³/mol. The van der Waals surface area contributed by atoms with Crippen LogP contribution in [-0.4, -0.2) is 16.8 Å². The molecule has 1 aromatic heterocycles. The number of carbonyl (C=O) groups is 1. The van der Waals surface area contributed by atoms with Crippen LogP contribution in [0.3, 0.4) is 0 Å². The molecule has 2 aromatic carbocycles. The molecule has 1 heterocycles. The second-order valence-corrected chi connectivity index (χ2v) is 5.67. The molecule has 6 heteroatoms. The molecule has 22 heavy (non-hydrogen) atoms. The van der Waals surface area contributed by atoms with Crippen LogP contribution in [0.4, 0.5) is 0 Å². The number of aryl methyl sites for hydroxylation is 1. The molecule has 0 aliphatic heterocycles. The molecule has 0 bridgehead atoms. The first-order valence-corrected chi connectivity index (χ1v) is 7.40. The van der Waals surface area contributed by atoms with E-state index in [-0.39, 0.29) is 5.56 Å². The monoisotopic (exact) mass is 310 g/mol. The number of carboxylic acids is 1. The van der Waals surface area contributed by atoms with Crippen LogP contribution in [0.15, 0.2) is 58.7 Å². The summed E-state index contributed by atoms with van der Waals surface area (Å²) >= 11 is 1.56. The molecular weight excluding hydrogens is 298 g/mol. The van der Waals surface area contributed by atoms with Crippen LogP contribution in [0.5, 0.6) is 0 Å². The third kappa shape index (κ3) is 2.82. The van der Waals surface area contributed by atoms with Gasteiger partial charge in [0.25, 0.3) is 0 Å². The van der Waals surface area contributed by atoms with E-state index in [2.05, 4.69) is 10.2 Å². The number of thiazole rings is 1. The normalized spacial score (nSPS) is 12.3. The fraction of sp³-hybridized carbons (Fsp3) is 0.0625. The van der Waals surface area contributed by atoms with Gasteiger partial charge in [0.05, 0.1) is 22.4 Å². The number of benzene rings is 2. The maximum atomic E-state index is 10.7. The van der Waals surface area contributed by atoms with Gasteiger partial charge < -0.3 is 14.5 Å². The predicted octanol–water partition coefficient (Wildman–Crippen LogP) is 1.54. The van der Waals surface area contributed by atoms with E-state index in [9.17, 15) is 9.90 Å². The lowest BCUT2D eigenvalue weighted by Crippen LogP contribution is -2.21. The van der Waals surface area contributed by atoms with Gasteiger partial charge in [0, 0.05) is 7.05 Å². The lowest BCUT2D eigenvalue weighted by Gasteiger charge is -2.00. The molecule has 0 aliphatic rings. The Balaban J connectivity index is 1.88. The Hall–Kier alpha value is -2.73. The number of carboxylic acid groups (broad SMARTS) is 1. The van der Waals surface area contributed by atoms with Gasteiger partial charge in [-0.1, -0.05) is 47.7 Å². The van der Waals surface area contributed by atoms with Crippen molar-refractivity contribution in [1.29, 1.82) is 0 Å². The number of carbonyl (C=O) groups excluding carboxylic acids is 1. The molecule has 3 rings (SSSR count). The van der Waals surface area contributed by atoms with Gasteiger partial charge in [-0.15, -0.1) is 5.10 Å². The van der Waals surface area contributed by atoms with Gasteiger partial charge >= 0.3 is 0 Å². The highest BCUT2D eigenvalue weighted by Crippen LogP contribution is 2.15. The lowest BCUT2D eigenvalue weighted by molar-refractivity contribution is -0.255. The average molecular weight is 310 g/mol. The maximum absolute atomic E-state index is 10.7. The number of nitrogens with zero attached hydrogens (tertiary/aromatic N) is 3. The fourth-order valence-electron chi connectivity index (χ4n) is 2.03. The first-order chi connectivity index (χ1) is 10.6. The minimum atomic E-state index is -1.19. The van der Waals surface area contributed by atoms with Crippen molar-refractivity contribution in [2.45, 2.75) is 0 Å². The number of hydrogen-bond donors (Lipinski definition) is 0. The van der Waals surface area contributed by atoms with E-state index in [0.717, 1.165) is 20.6 Å². The van der Waals surface area contributed by atoms with Crippen LogP contribution in [0, 0.1) is 0 Å². The second-order valence-electron chi connectivity index (χ2n) is 4.67. The van der Waals surface area contributed by atoms with Crippen molar-refractivity contribution in [3.63, 3.8) is 0 Å². The highest BCUT2D eigenvalue weighted by molar-refractivity contribution is 7.16. The number of hydrogen-bond acceptors (Lipinski definition) is 5. The number of rotatable bonds is 3. The topological polar surface area (TPSA) is 69.8 Å². The standard InChI is InChI=1S/C16H13N3O2S/c1-19-13-4-2-3-5-14(13)22-16(19)18-17-10-11-6-8-12(9-7-11)15(20)21/h2-10H,1H3,(H,20,21)/p-1/b17-10-,18-16+. The van der Waals surface area contributed by atoms with Gasteiger partial charge in [-0.25, -0.2) is 0 Å². The van der Waals surface area contributed by atoms with Crippen LogP contribution < -0.4 is 9.91 Å². The van der Waals surface area contributed by atoms with E-state index in [4.69, 9.17) is 0 Å². The molecular formula is C16H12N3O2S-. The van der Waals surface area contributed by atoms with Gasteiger partial charge in [-0.3, -0.25) is 0 Å². The lowest BCUT2D eigenvalue weighted by atomic mass is 10.1. The smallest absolute Gasteiger partial charge is 0.211 e. The zero-order valence-corrected chi connectivity index (χ0v) is 12.6. The summed E-state index contributed by atoms with van der Waals surface area (Å²) in [6.45, 7) is 0. The molecule has 0 aliphatic carbocycles. The van der Waals surface area contributed by atoms with Crippen molar-refractivity contribution in [2.24, 2.45) is 17.3 Å². The van der Waals surface area contributed by atoms with Crippen molar-refractivity contribution in [2.75, 3.05) is 0 Å². The van der Waals surface area contributed by atoms with E-state index >= 15 is 0 Å². The minimum Gasteiger partial charge on any atom is -0.545 e. The number of aromatic carboxylic acids is 1. The SMILES string of the molecule is Cn1/c(=N\N=C/c2ccc(C(=O)[O-])cc2)sc2ccccc21. The number of fused-ring (bicyclic) bond motifs is 1. The second kappa shape index (κ2) is 5.95. The van der Waals surface area contributed by atoms with Crippen LogP contribution in [0.1, 0.15) is 15.9 Å². The molecule has 0 unspecified atom stereocenters. The summed E-state index contributed by atoms with van der Waals surface area (Å²) in [4.78, 5) is 11.5. The summed E-state index contributed by atoms with van der Waals surface area (Å²) in [6, 6.07) is 14.3. The van der Waals surface area contributed by atoms with Crippen molar-refractivity contribution in [3.05, 3.63) is 64.5 Å². The quantitative estimate of drug-likeness (QED) is 0.544. The zero-order chi connectivity index (χ0) is 15.5. The molecule has 0 radical (unpaired) electrons. The summed E-state index contributed by atoms with van der Waals surface area (Å²) in [6.07, 6.45) is 1.59. The Labute approximate surface area is 130 Å². The molecule has 0 spiro atoms. The van der Waals surface area contributed by atoms with Gasteiger partial charge in [0.15, 0.2) is 0 Å². The van der Waals surface area contributed by atoms with Crippen LogP contribution in [0.25, 0.3) is 10.2 Å². The summed E-state index contributed by atoms with van der Waals surface area (Å²) in [5, 5.41) is 19.0. The average Bonchev–Trinajstić information content (AvgIpc) is 2.85. The molecule has 0 fully saturated rings. The van der Waals surface area contributed by atoms with E-state index < -0.39 is 5.97 Å². The Bertz CT molecular complexity index is 920. The Morgan fingerprint density at radius 2 is 1.91 bits per heavy atom. The first-order valence-electron chi connectivity index (χ1n) is 6.58. The molecule has 5 nitrogen and oxygen atoms in total. The largest absolute Gasteiger partial charge is 0.545 e. The molecule has 0 saturated carbocycles. The van der Waals surface area contributed by atoms with Crippen molar-refractivity contribution >= 4 is 33.7 Å². The van der Waals surface area contributed by atoms with Gasteiger partial charge in [-0.2, -0.15) is 5.10 Å². The maximum Gasteiger partial charge on any atom is 0.211 e. The van der Waals surface area contributed by atoms with Gasteiger partial charge in [-0.05, 0) is 23.3 Å². The zero-order valence-electron chi connectivity index (χ0n) is 11.8. The highest BCUT2D eigenvalue weighted by atomic mass is 32.1. The van der Waals surface area contributed by atoms with Crippen LogP contribution >= 0.6 is 11.3 Å². The number of aromatic nitrogens is 1. The summed E-state index contributed by atoms with van der Waals surface area (Å²) in [7, 11) is 1.95. The third-order valence-corrected chi connectivity index (χ3v) is 4.31. The van der Waals surface area contributed by atoms with E-state index in [1.165, 1.54) is 12.1 Å². The van der Waals surface area contributed by atoms with E-state index in [1.54, 1.807) is 29.7 Å². The molecule has 110 valence electrons. The van der Waals surface area contributed by atoms with Crippen molar-refractivity contribution in [1.82, 2.24) is 4.57 Å². The Kier molecular flexibility index (Phi) is 3.84.